The Hall–Kier alpha value is -3.16. The lowest BCUT2D eigenvalue weighted by molar-refractivity contribution is 0.368. The topological polar surface area (TPSA) is 80.3 Å². The molecule has 0 aliphatic carbocycles. The third kappa shape index (κ3) is 5.06. The molecule has 2 N–H and O–H groups in total. The molecule has 160 valence electrons. The molecule has 0 saturated heterocycles. The Bertz CT molecular complexity index is 989. The summed E-state index contributed by atoms with van der Waals surface area (Å²) < 4.78 is 21.7. The molecule has 0 aliphatic rings. The van der Waals surface area contributed by atoms with Gasteiger partial charge in [0.2, 0.25) is 0 Å². The van der Waals surface area contributed by atoms with Crippen LogP contribution in [0, 0.1) is 12.7 Å². The van der Waals surface area contributed by atoms with Gasteiger partial charge in [-0.2, -0.15) is 0 Å². The number of aliphatic imine (C=N–C) groups is 1. The zero-order chi connectivity index (χ0) is 21.5. The second-order valence-corrected chi connectivity index (χ2v) is 7.14. The number of rotatable bonds is 8. The molecule has 2 heterocycles. The lowest BCUT2D eigenvalue weighted by atomic mass is 9.99. The quantitative estimate of drug-likeness (QED) is 0.431. The maximum Gasteiger partial charge on any atom is 0.191 e. The van der Waals surface area contributed by atoms with Crippen LogP contribution in [0.25, 0.3) is 5.69 Å². The average Bonchev–Trinajstić information content (AvgIpc) is 3.38. The second-order valence-electron chi connectivity index (χ2n) is 7.14. The maximum absolute atomic E-state index is 14.6. The summed E-state index contributed by atoms with van der Waals surface area (Å²) in [7, 11) is 1.69. The Kier molecular flexibility index (Phi) is 7.21. The first-order chi connectivity index (χ1) is 14.5. The number of aryl methyl sites for hydroxylation is 1. The molecule has 2 aromatic heterocycles. The Balaban J connectivity index is 1.56. The van der Waals surface area contributed by atoms with Gasteiger partial charge in [-0.15, -0.1) is 0 Å². The molecule has 7 nitrogen and oxygen atoms in total. The van der Waals surface area contributed by atoms with Crippen molar-refractivity contribution in [1.29, 1.82) is 0 Å². The van der Waals surface area contributed by atoms with Crippen molar-refractivity contribution in [2.75, 3.05) is 7.05 Å². The molecule has 0 amide bonds. The lowest BCUT2D eigenvalue weighted by Crippen LogP contribution is -2.36. The van der Waals surface area contributed by atoms with Crippen LogP contribution in [0.15, 0.2) is 46.2 Å². The second kappa shape index (κ2) is 10.0. The van der Waals surface area contributed by atoms with E-state index < -0.39 is 0 Å². The van der Waals surface area contributed by atoms with Gasteiger partial charge in [0.05, 0.1) is 17.9 Å². The van der Waals surface area contributed by atoms with E-state index in [9.17, 15) is 4.39 Å². The number of imidazole rings is 1. The molecule has 0 saturated carbocycles. The number of nitrogens with one attached hydrogen (secondary N) is 2. The predicted octanol–water partition coefficient (Wildman–Crippen LogP) is 4.08. The van der Waals surface area contributed by atoms with Gasteiger partial charge in [0.25, 0.3) is 0 Å². The molecular weight excluding hydrogens is 383 g/mol. The van der Waals surface area contributed by atoms with Crippen LogP contribution < -0.4 is 10.6 Å². The molecule has 0 fully saturated rings. The van der Waals surface area contributed by atoms with Gasteiger partial charge in [0.1, 0.15) is 11.6 Å². The summed E-state index contributed by atoms with van der Waals surface area (Å²) in [6.45, 7) is 7.05. The molecular formula is C22H29FN6O. The van der Waals surface area contributed by atoms with Crippen molar-refractivity contribution < 1.29 is 8.91 Å². The monoisotopic (exact) mass is 412 g/mol. The van der Waals surface area contributed by atoms with Gasteiger partial charge in [-0.3, -0.25) is 4.99 Å². The molecule has 0 spiro atoms. The first-order valence-electron chi connectivity index (χ1n) is 10.2. The minimum absolute atomic E-state index is 0.297. The van der Waals surface area contributed by atoms with E-state index in [0.29, 0.717) is 30.7 Å². The van der Waals surface area contributed by atoms with Crippen molar-refractivity contribution in [3.63, 3.8) is 0 Å². The minimum Gasteiger partial charge on any atom is -0.359 e. The maximum atomic E-state index is 14.6. The molecule has 1 aromatic carbocycles. The highest BCUT2D eigenvalue weighted by Gasteiger charge is 2.13. The first kappa shape index (κ1) is 21.5. The van der Waals surface area contributed by atoms with E-state index in [4.69, 9.17) is 4.52 Å². The number of hydrogen-bond donors (Lipinski definition) is 2. The number of guanidine groups is 1. The van der Waals surface area contributed by atoms with E-state index >= 15 is 0 Å². The number of benzene rings is 1. The predicted molar refractivity (Wildman–Crippen MR) is 115 cm³/mol. The zero-order valence-electron chi connectivity index (χ0n) is 17.9. The van der Waals surface area contributed by atoms with Crippen LogP contribution in [0.5, 0.6) is 0 Å². The van der Waals surface area contributed by atoms with Gasteiger partial charge in [-0.25, -0.2) is 9.37 Å². The third-order valence-electron chi connectivity index (χ3n) is 5.19. The number of aromatic nitrogens is 3. The van der Waals surface area contributed by atoms with Crippen LogP contribution in [-0.4, -0.2) is 27.7 Å². The molecule has 0 bridgehead atoms. The van der Waals surface area contributed by atoms with Crippen molar-refractivity contribution in [3.05, 3.63) is 65.3 Å². The van der Waals surface area contributed by atoms with Crippen molar-refractivity contribution in [2.24, 2.45) is 4.99 Å². The SMILES string of the molecule is CCC(CC)c1cc(CNC(=NC)NCc2ccc(-n3ccnc3C)c(F)c2)on1. The van der Waals surface area contributed by atoms with E-state index in [2.05, 4.69) is 39.6 Å². The fourth-order valence-electron chi connectivity index (χ4n) is 3.38. The first-order valence-corrected chi connectivity index (χ1v) is 10.2. The standard InChI is InChI=1S/C22H29FN6O/c1-5-17(6-2)20-12-18(30-28-20)14-27-22(24-4)26-13-16-7-8-21(19(23)11-16)29-10-9-25-15(29)3/h7-12,17H,5-6,13-14H2,1-4H3,(H2,24,26,27). The van der Waals surface area contributed by atoms with Crippen molar-refractivity contribution in [1.82, 2.24) is 25.3 Å². The van der Waals surface area contributed by atoms with E-state index in [0.717, 1.165) is 35.7 Å². The smallest absolute Gasteiger partial charge is 0.191 e. The Morgan fingerprint density at radius 3 is 2.60 bits per heavy atom. The summed E-state index contributed by atoms with van der Waals surface area (Å²) in [5.41, 5.74) is 2.28. The van der Waals surface area contributed by atoms with Crippen LogP contribution >= 0.6 is 0 Å². The summed E-state index contributed by atoms with van der Waals surface area (Å²) in [6.07, 6.45) is 5.47. The van der Waals surface area contributed by atoms with E-state index in [1.807, 2.05) is 19.1 Å². The van der Waals surface area contributed by atoms with Gasteiger partial charge in [0.15, 0.2) is 11.7 Å². The molecule has 0 atom stereocenters. The van der Waals surface area contributed by atoms with Gasteiger partial charge in [0, 0.05) is 38.0 Å². The Labute approximate surface area is 176 Å². The third-order valence-corrected chi connectivity index (χ3v) is 5.19. The normalized spacial score (nSPS) is 11.9. The Morgan fingerprint density at radius 1 is 1.20 bits per heavy atom. The van der Waals surface area contributed by atoms with Gasteiger partial charge < -0.3 is 19.7 Å². The zero-order valence-corrected chi connectivity index (χ0v) is 17.9. The number of nitrogens with zero attached hydrogens (tertiary/aromatic N) is 4. The van der Waals surface area contributed by atoms with Crippen LogP contribution in [0.1, 0.15) is 55.4 Å². The van der Waals surface area contributed by atoms with Crippen LogP contribution in [0.3, 0.4) is 0 Å². The fraction of sp³-hybridized carbons (Fsp3) is 0.409. The average molecular weight is 413 g/mol. The summed E-state index contributed by atoms with van der Waals surface area (Å²) in [5.74, 6) is 2.22. The summed E-state index contributed by atoms with van der Waals surface area (Å²) in [4.78, 5) is 8.35. The summed E-state index contributed by atoms with van der Waals surface area (Å²) >= 11 is 0. The van der Waals surface area contributed by atoms with Crippen LogP contribution in [-0.2, 0) is 13.1 Å². The summed E-state index contributed by atoms with van der Waals surface area (Å²) in [6, 6.07) is 7.15. The molecule has 3 rings (SSSR count). The minimum atomic E-state index is -0.297. The van der Waals surface area contributed by atoms with Crippen molar-refractivity contribution in [3.8, 4) is 5.69 Å². The van der Waals surface area contributed by atoms with Crippen LogP contribution in [0.2, 0.25) is 0 Å². The fourth-order valence-corrected chi connectivity index (χ4v) is 3.38. The highest BCUT2D eigenvalue weighted by Crippen LogP contribution is 2.22. The highest BCUT2D eigenvalue weighted by atomic mass is 19.1. The largest absolute Gasteiger partial charge is 0.359 e. The molecule has 30 heavy (non-hydrogen) atoms. The Morgan fingerprint density at radius 2 is 1.97 bits per heavy atom. The van der Waals surface area contributed by atoms with Gasteiger partial charge in [-0.1, -0.05) is 25.1 Å². The van der Waals surface area contributed by atoms with Gasteiger partial charge in [-0.05, 0) is 37.5 Å². The van der Waals surface area contributed by atoms with Crippen LogP contribution in [0.4, 0.5) is 4.39 Å². The van der Waals surface area contributed by atoms with E-state index in [1.54, 1.807) is 30.1 Å². The van der Waals surface area contributed by atoms with Crippen molar-refractivity contribution in [2.45, 2.75) is 52.6 Å². The van der Waals surface area contributed by atoms with Crippen molar-refractivity contribution >= 4 is 5.96 Å². The molecule has 0 radical (unpaired) electrons. The summed E-state index contributed by atoms with van der Waals surface area (Å²) in [5, 5.41) is 10.6. The molecule has 3 aromatic rings. The molecule has 8 heteroatoms. The van der Waals surface area contributed by atoms with Gasteiger partial charge >= 0.3 is 0 Å². The van der Waals surface area contributed by atoms with E-state index in [1.165, 1.54) is 6.07 Å². The lowest BCUT2D eigenvalue weighted by Gasteiger charge is -2.12. The number of hydrogen-bond acceptors (Lipinski definition) is 4. The van der Waals surface area contributed by atoms with E-state index in [-0.39, 0.29) is 5.82 Å². The number of halogens is 1. The molecule has 0 aliphatic heterocycles. The highest BCUT2D eigenvalue weighted by molar-refractivity contribution is 5.79. The molecule has 0 unspecified atom stereocenters.